The topological polar surface area (TPSA) is 164 Å². The second-order valence-corrected chi connectivity index (χ2v) is 22.2. The number of rotatable bonds is 23. The van der Waals surface area contributed by atoms with Crippen molar-refractivity contribution in [3.8, 4) is 0 Å². The van der Waals surface area contributed by atoms with Crippen LogP contribution >= 0.6 is 23.6 Å². The molecule has 1 aliphatic heterocycles. The summed E-state index contributed by atoms with van der Waals surface area (Å²) >= 11 is 0. The number of hydrogen-bond donors (Lipinski definition) is 1. The van der Waals surface area contributed by atoms with Crippen molar-refractivity contribution in [2.75, 3.05) is 46.8 Å². The zero-order valence-electron chi connectivity index (χ0n) is 35.7. The van der Waals surface area contributed by atoms with Crippen LogP contribution in [0.15, 0.2) is 76.4 Å². The maximum Gasteiger partial charge on any atom is 0.415 e. The second-order valence-electron chi connectivity index (χ2n) is 15.6. The molecule has 0 spiro atoms. The van der Waals surface area contributed by atoms with Crippen LogP contribution in [-0.4, -0.2) is 101 Å². The Hall–Kier alpha value is -2.86. The highest BCUT2D eigenvalue weighted by atomic mass is 31.2. The molecule has 0 saturated carbocycles. The third-order valence-corrected chi connectivity index (χ3v) is 16.5. The van der Waals surface area contributed by atoms with E-state index in [0.29, 0.717) is 5.56 Å². The Morgan fingerprint density at radius 1 is 0.949 bits per heavy atom. The van der Waals surface area contributed by atoms with Crippen molar-refractivity contribution in [3.05, 3.63) is 116 Å². The van der Waals surface area contributed by atoms with E-state index in [4.69, 9.17) is 38.9 Å². The van der Waals surface area contributed by atoms with Crippen LogP contribution in [0.4, 0.5) is 0 Å². The van der Waals surface area contributed by atoms with Crippen LogP contribution in [0.25, 0.3) is 4.85 Å². The highest BCUT2D eigenvalue weighted by Gasteiger charge is 2.58. The highest BCUT2D eigenvalue weighted by molar-refractivity contribution is 7.71. The van der Waals surface area contributed by atoms with Crippen LogP contribution < -0.4 is 11.2 Å². The number of benzene rings is 2. The third-order valence-electron chi connectivity index (χ3n) is 9.35. The van der Waals surface area contributed by atoms with E-state index in [9.17, 15) is 14.2 Å². The van der Waals surface area contributed by atoms with Crippen molar-refractivity contribution >= 4 is 23.6 Å². The van der Waals surface area contributed by atoms with E-state index in [1.807, 2.05) is 93.0 Å². The van der Waals surface area contributed by atoms with E-state index in [-0.39, 0.29) is 57.2 Å². The summed E-state index contributed by atoms with van der Waals surface area (Å²) in [5, 5.41) is 0. The molecule has 59 heavy (non-hydrogen) atoms. The normalized spacial score (nSPS) is 20.4. The minimum absolute atomic E-state index is 0.0337. The Morgan fingerprint density at radius 2 is 1.56 bits per heavy atom. The van der Waals surface area contributed by atoms with E-state index in [2.05, 4.69) is 9.83 Å². The number of nitrogens with one attached hydrogen (secondary N) is 1. The predicted molar refractivity (Wildman–Crippen MR) is 228 cm³/mol. The summed E-state index contributed by atoms with van der Waals surface area (Å²) in [7, 11) is -8.40. The number of ether oxygens (including phenoxy) is 3. The van der Waals surface area contributed by atoms with Crippen molar-refractivity contribution in [2.45, 2.75) is 104 Å². The van der Waals surface area contributed by atoms with Gasteiger partial charge in [0.1, 0.15) is 30.5 Å². The van der Waals surface area contributed by atoms with E-state index in [1.165, 1.54) is 35.6 Å². The number of aryl methyl sites for hydroxylation is 1. The molecule has 0 aliphatic carbocycles. The van der Waals surface area contributed by atoms with Crippen molar-refractivity contribution in [3.63, 3.8) is 0 Å². The summed E-state index contributed by atoms with van der Waals surface area (Å²) in [6, 6.07) is 18.2. The number of nitrogens with zero attached hydrogens (tertiary/aromatic N) is 4. The lowest BCUT2D eigenvalue weighted by atomic mass is 9.96. The predicted octanol–water partition coefficient (Wildman–Crippen LogP) is 7.60. The molecule has 4 rings (SSSR count). The van der Waals surface area contributed by atoms with Gasteiger partial charge >= 0.3 is 13.4 Å². The lowest BCUT2D eigenvalue weighted by Gasteiger charge is -2.42. The van der Waals surface area contributed by atoms with Gasteiger partial charge in [0, 0.05) is 50.8 Å². The van der Waals surface area contributed by atoms with Gasteiger partial charge < -0.3 is 32.7 Å². The van der Waals surface area contributed by atoms with Gasteiger partial charge in [-0.1, -0.05) is 60.7 Å². The van der Waals surface area contributed by atoms with Gasteiger partial charge in [0.15, 0.2) is 13.5 Å². The molecule has 19 heteroatoms. The molecule has 1 aliphatic rings. The lowest BCUT2D eigenvalue weighted by Crippen LogP contribution is -2.49. The molecule has 326 valence electrons. The maximum absolute atomic E-state index is 15.7. The van der Waals surface area contributed by atoms with Gasteiger partial charge in [-0.3, -0.25) is 23.4 Å². The fourth-order valence-corrected chi connectivity index (χ4v) is 12.9. The largest absolute Gasteiger partial charge is 0.415 e. The smallest absolute Gasteiger partial charge is 0.382 e. The molecule has 2 heterocycles. The summed E-state index contributed by atoms with van der Waals surface area (Å²) < 4.78 is 79.5. The monoisotopic (exact) mass is 879 g/mol. The van der Waals surface area contributed by atoms with Gasteiger partial charge in [-0.2, -0.15) is 4.44 Å². The summed E-state index contributed by atoms with van der Waals surface area (Å²) in [5.41, 5.74) is -1.25. The molecule has 3 unspecified atom stereocenters. The van der Waals surface area contributed by atoms with E-state index < -0.39 is 65.0 Å². The summed E-state index contributed by atoms with van der Waals surface area (Å²) in [4.78, 5) is 31.9. The van der Waals surface area contributed by atoms with Gasteiger partial charge in [-0.15, -0.1) is 0 Å². The fourth-order valence-electron chi connectivity index (χ4n) is 6.64. The van der Waals surface area contributed by atoms with Crippen LogP contribution in [0.3, 0.4) is 0 Å². The standard InChI is InChI=1S/C40H60N5O11P3/c1-29(2)45(30(3)4)57(52-23-22-41-8)55-34-35(51-25-24-50-9)38(43-26-31(5)37(46)42-39(43)47)54-36(34)40(6,7)56-59(49,53-28-33-20-16-13-17-21-33)44(58(10,11)48)27-32-18-14-12-15-19-32/h12-21,26,29-30,34-36,38H,22-25,27-28H2,1-7,9-11H3,(H,42,46,47)/t34-,35+,36?,38+,57?,59?/m0/s1. The van der Waals surface area contributed by atoms with E-state index in [0.717, 1.165) is 5.56 Å². The van der Waals surface area contributed by atoms with Crippen LogP contribution in [0.5, 0.6) is 0 Å². The maximum atomic E-state index is 15.7. The van der Waals surface area contributed by atoms with Gasteiger partial charge in [-0.25, -0.2) is 20.6 Å². The summed E-state index contributed by atoms with van der Waals surface area (Å²) in [5.74, 6) is 0. The molecule has 1 fully saturated rings. The molecular formula is C40H60N5O11P3. The first-order valence-electron chi connectivity index (χ1n) is 19.5. The first-order chi connectivity index (χ1) is 27.8. The Kier molecular flexibility index (Phi) is 18.0. The van der Waals surface area contributed by atoms with Crippen molar-refractivity contribution in [1.29, 1.82) is 0 Å². The third kappa shape index (κ3) is 13.1. The molecule has 1 aromatic heterocycles. The molecule has 3 aromatic rings. The van der Waals surface area contributed by atoms with Crippen LogP contribution in [0.1, 0.15) is 64.5 Å². The minimum atomic E-state index is -4.56. The zero-order chi connectivity index (χ0) is 43.5. The van der Waals surface area contributed by atoms with E-state index >= 15 is 4.57 Å². The Morgan fingerprint density at radius 3 is 2.12 bits per heavy atom. The lowest BCUT2D eigenvalue weighted by molar-refractivity contribution is -0.119. The summed E-state index contributed by atoms with van der Waals surface area (Å²) in [6.07, 6.45) is -3.19. The first kappa shape index (κ1) is 48.8. The highest BCUT2D eigenvalue weighted by Crippen LogP contribution is 2.68. The minimum Gasteiger partial charge on any atom is -0.382 e. The molecule has 1 N–H and O–H groups in total. The SMILES string of the molecule is [C-]#[N+]CCOP(O[C@@H]1C(C(C)(C)OP(=O)(OCc2ccccc2)N(Cc2ccccc2)P(C)(C)=O)O[C@@H](n2cc(C)c(=O)[nH]c2=O)[C@@H]1OCCOC)N(C(C)C)C(C)C. The van der Waals surface area contributed by atoms with Gasteiger partial charge in [0.2, 0.25) is 6.54 Å². The molecule has 16 nitrogen and oxygen atoms in total. The molecule has 1 saturated heterocycles. The molecule has 0 radical (unpaired) electrons. The van der Waals surface area contributed by atoms with E-state index in [1.54, 1.807) is 20.8 Å². The van der Waals surface area contributed by atoms with Crippen molar-refractivity contribution < 1.29 is 41.4 Å². The van der Waals surface area contributed by atoms with Crippen molar-refractivity contribution in [1.82, 2.24) is 18.7 Å². The number of methoxy groups -OCH3 is 1. The van der Waals surface area contributed by atoms with Gasteiger partial charge in [0.05, 0.1) is 19.8 Å². The Labute approximate surface area is 349 Å². The Balaban J connectivity index is 1.92. The number of aromatic nitrogens is 2. The first-order valence-corrected chi connectivity index (χ1v) is 24.7. The fraction of sp³-hybridized carbons (Fsp3) is 0.575. The average molecular weight is 880 g/mol. The number of aromatic amines is 1. The van der Waals surface area contributed by atoms with Gasteiger partial charge in [-0.05, 0) is 59.6 Å². The average Bonchev–Trinajstić information content (AvgIpc) is 3.52. The van der Waals surface area contributed by atoms with Crippen LogP contribution in [0.2, 0.25) is 0 Å². The van der Waals surface area contributed by atoms with Gasteiger partial charge in [0.25, 0.3) is 14.1 Å². The number of hydrogen-bond acceptors (Lipinski definition) is 12. The Bertz CT molecular complexity index is 2030. The molecule has 2 aromatic carbocycles. The van der Waals surface area contributed by atoms with Crippen LogP contribution in [0, 0.1) is 13.5 Å². The molecule has 6 atom stereocenters. The van der Waals surface area contributed by atoms with Crippen LogP contribution in [-0.2, 0) is 54.6 Å². The van der Waals surface area contributed by atoms with Crippen molar-refractivity contribution in [2.24, 2.45) is 0 Å². The zero-order valence-corrected chi connectivity index (χ0v) is 38.4. The summed E-state index contributed by atoms with van der Waals surface area (Å²) in [6.45, 7) is 23.5. The molecule has 0 amide bonds. The molecular weight excluding hydrogens is 819 g/mol. The number of H-pyrrole nitrogens is 1. The quantitative estimate of drug-likeness (QED) is 0.0563. The second kappa shape index (κ2) is 21.8. The molecule has 0 bridgehead atoms.